The van der Waals surface area contributed by atoms with Crippen molar-refractivity contribution >= 4 is 0 Å². The third kappa shape index (κ3) is 2.29. The summed E-state index contributed by atoms with van der Waals surface area (Å²) in [7, 11) is 1.85. The predicted octanol–water partition coefficient (Wildman–Crippen LogP) is 3.46. The van der Waals surface area contributed by atoms with Crippen LogP contribution < -0.4 is 10.1 Å². The van der Waals surface area contributed by atoms with Crippen molar-refractivity contribution in [2.45, 2.75) is 18.9 Å². The molecule has 0 amide bonds. The summed E-state index contributed by atoms with van der Waals surface area (Å²) < 4.78 is 19.9. The highest BCUT2D eigenvalue weighted by Crippen LogP contribution is 2.36. The lowest BCUT2D eigenvalue weighted by Gasteiger charge is -2.25. The van der Waals surface area contributed by atoms with Gasteiger partial charge in [0.2, 0.25) is 0 Å². The average molecular weight is 271 g/mol. The summed E-state index contributed by atoms with van der Waals surface area (Å²) >= 11 is 0. The molecule has 1 aliphatic heterocycles. The number of hydrogen-bond acceptors (Lipinski definition) is 2. The Morgan fingerprint density at radius 1 is 1.10 bits per heavy atom. The van der Waals surface area contributed by atoms with E-state index in [1.807, 2.05) is 31.3 Å². The molecular formula is C17H18FNO. The number of benzene rings is 2. The van der Waals surface area contributed by atoms with Gasteiger partial charge in [-0.05, 0) is 31.5 Å². The Hall–Kier alpha value is -1.87. The minimum Gasteiger partial charge on any atom is -0.493 e. The largest absolute Gasteiger partial charge is 0.493 e. The van der Waals surface area contributed by atoms with Crippen LogP contribution in [0.4, 0.5) is 4.39 Å². The zero-order valence-corrected chi connectivity index (χ0v) is 11.5. The van der Waals surface area contributed by atoms with Crippen LogP contribution in [0, 0.1) is 5.82 Å². The van der Waals surface area contributed by atoms with Crippen molar-refractivity contribution in [2.24, 2.45) is 0 Å². The van der Waals surface area contributed by atoms with Crippen molar-refractivity contribution in [3.63, 3.8) is 0 Å². The smallest absolute Gasteiger partial charge is 0.128 e. The van der Waals surface area contributed by atoms with Crippen LogP contribution in [-0.4, -0.2) is 13.7 Å². The van der Waals surface area contributed by atoms with Gasteiger partial charge in [-0.15, -0.1) is 0 Å². The lowest BCUT2D eigenvalue weighted by molar-refractivity contribution is 0.283. The van der Waals surface area contributed by atoms with Gasteiger partial charge < -0.3 is 10.1 Å². The van der Waals surface area contributed by atoms with Gasteiger partial charge in [0, 0.05) is 11.1 Å². The van der Waals surface area contributed by atoms with Crippen LogP contribution in [0.25, 0.3) is 0 Å². The Labute approximate surface area is 118 Å². The summed E-state index contributed by atoms with van der Waals surface area (Å²) in [5.74, 6) is 0.724. The van der Waals surface area contributed by atoms with Crippen LogP contribution in [0.3, 0.4) is 0 Å². The fourth-order valence-electron chi connectivity index (χ4n) is 2.83. The first-order valence-corrected chi connectivity index (χ1v) is 6.97. The van der Waals surface area contributed by atoms with Crippen LogP contribution in [0.1, 0.15) is 29.2 Å². The van der Waals surface area contributed by atoms with Gasteiger partial charge in [0.15, 0.2) is 0 Å². The molecule has 0 saturated carbocycles. The molecule has 2 aromatic rings. The quantitative estimate of drug-likeness (QED) is 0.923. The molecule has 1 N–H and O–H groups in total. The minimum absolute atomic E-state index is 0.191. The molecule has 1 heterocycles. The molecular weight excluding hydrogens is 253 g/mol. The zero-order chi connectivity index (χ0) is 13.9. The summed E-state index contributed by atoms with van der Waals surface area (Å²) in [6.45, 7) is 0.734. The molecule has 3 rings (SSSR count). The molecule has 0 saturated heterocycles. The monoisotopic (exact) mass is 271 g/mol. The Balaban J connectivity index is 2.09. The molecule has 0 spiro atoms. The molecule has 1 atom stereocenters. The zero-order valence-electron chi connectivity index (χ0n) is 11.5. The maximum atomic E-state index is 14.1. The van der Waals surface area contributed by atoms with Crippen LogP contribution in [-0.2, 0) is 6.42 Å². The van der Waals surface area contributed by atoms with E-state index >= 15 is 0 Å². The number of aryl methyl sites for hydroxylation is 1. The lowest BCUT2D eigenvalue weighted by Crippen LogP contribution is -2.21. The average Bonchev–Trinajstić information content (AvgIpc) is 2.50. The number of ether oxygens (including phenoxy) is 1. The topological polar surface area (TPSA) is 21.3 Å². The second-order valence-corrected chi connectivity index (χ2v) is 5.03. The molecule has 0 fully saturated rings. The van der Waals surface area contributed by atoms with Crippen LogP contribution in [0.5, 0.6) is 5.75 Å². The van der Waals surface area contributed by atoms with E-state index in [0.717, 1.165) is 30.8 Å². The van der Waals surface area contributed by atoms with Gasteiger partial charge in [-0.25, -0.2) is 4.39 Å². The summed E-state index contributed by atoms with van der Waals surface area (Å²) in [6, 6.07) is 12.8. The van der Waals surface area contributed by atoms with Crippen molar-refractivity contribution in [1.29, 1.82) is 0 Å². The number of nitrogens with one attached hydrogen (secondary N) is 1. The summed E-state index contributed by atoms with van der Waals surface area (Å²) in [5.41, 5.74) is 2.87. The molecule has 2 nitrogen and oxygen atoms in total. The molecule has 1 aliphatic rings. The highest BCUT2D eigenvalue weighted by molar-refractivity contribution is 5.48. The standard InChI is InChI=1S/C17H18FNO/c1-19-16(13-8-2-3-10-15(13)18)14-9-4-6-12-7-5-11-20-17(12)14/h2-4,6,8-10,16,19H,5,7,11H2,1H3. The summed E-state index contributed by atoms with van der Waals surface area (Å²) in [4.78, 5) is 0. The molecule has 0 aliphatic carbocycles. The van der Waals surface area contributed by atoms with Gasteiger partial charge in [-0.1, -0.05) is 36.4 Å². The van der Waals surface area contributed by atoms with Crippen molar-refractivity contribution < 1.29 is 9.13 Å². The van der Waals surface area contributed by atoms with Gasteiger partial charge in [0.25, 0.3) is 0 Å². The number of fused-ring (bicyclic) bond motifs is 1. The predicted molar refractivity (Wildman–Crippen MR) is 77.6 cm³/mol. The molecule has 0 radical (unpaired) electrons. The maximum absolute atomic E-state index is 14.1. The third-order valence-corrected chi connectivity index (χ3v) is 3.78. The lowest BCUT2D eigenvalue weighted by atomic mass is 9.93. The second kappa shape index (κ2) is 5.63. The Kier molecular flexibility index (Phi) is 3.70. The SMILES string of the molecule is CNC(c1ccccc1F)c1cccc2c1OCCC2. The van der Waals surface area contributed by atoms with E-state index < -0.39 is 0 Å². The first-order chi connectivity index (χ1) is 9.81. The third-order valence-electron chi connectivity index (χ3n) is 3.78. The summed E-state index contributed by atoms with van der Waals surface area (Å²) in [6.07, 6.45) is 2.07. The van der Waals surface area contributed by atoms with E-state index in [4.69, 9.17) is 4.74 Å². The van der Waals surface area contributed by atoms with Crippen molar-refractivity contribution in [2.75, 3.05) is 13.7 Å². The Morgan fingerprint density at radius 3 is 2.70 bits per heavy atom. The second-order valence-electron chi connectivity index (χ2n) is 5.03. The Morgan fingerprint density at radius 2 is 1.90 bits per heavy atom. The van der Waals surface area contributed by atoms with Gasteiger partial charge in [0.05, 0.1) is 12.6 Å². The highest BCUT2D eigenvalue weighted by atomic mass is 19.1. The maximum Gasteiger partial charge on any atom is 0.128 e. The number of hydrogen-bond donors (Lipinski definition) is 1. The van der Waals surface area contributed by atoms with E-state index in [1.165, 1.54) is 11.6 Å². The summed E-state index contributed by atoms with van der Waals surface area (Å²) in [5, 5.41) is 3.21. The van der Waals surface area contributed by atoms with E-state index in [2.05, 4.69) is 11.4 Å². The first kappa shape index (κ1) is 13.1. The molecule has 20 heavy (non-hydrogen) atoms. The van der Waals surface area contributed by atoms with E-state index in [-0.39, 0.29) is 11.9 Å². The van der Waals surface area contributed by atoms with Crippen molar-refractivity contribution in [3.8, 4) is 5.75 Å². The molecule has 0 aromatic heterocycles. The number of rotatable bonds is 3. The minimum atomic E-state index is -0.194. The number of para-hydroxylation sites is 1. The van der Waals surface area contributed by atoms with E-state index in [1.54, 1.807) is 6.07 Å². The van der Waals surface area contributed by atoms with Crippen molar-refractivity contribution in [3.05, 3.63) is 65.0 Å². The van der Waals surface area contributed by atoms with Crippen LogP contribution in [0.2, 0.25) is 0 Å². The highest BCUT2D eigenvalue weighted by Gasteiger charge is 2.23. The van der Waals surface area contributed by atoms with Gasteiger partial charge in [0.1, 0.15) is 11.6 Å². The molecule has 3 heteroatoms. The van der Waals surface area contributed by atoms with Gasteiger partial charge in [-0.2, -0.15) is 0 Å². The normalized spacial score (nSPS) is 15.3. The molecule has 2 aromatic carbocycles. The van der Waals surface area contributed by atoms with Gasteiger partial charge in [-0.3, -0.25) is 0 Å². The fraction of sp³-hybridized carbons (Fsp3) is 0.294. The van der Waals surface area contributed by atoms with Gasteiger partial charge >= 0.3 is 0 Å². The Bertz CT molecular complexity index is 612. The van der Waals surface area contributed by atoms with E-state index in [9.17, 15) is 4.39 Å². The molecule has 1 unspecified atom stereocenters. The number of halogens is 1. The fourth-order valence-corrected chi connectivity index (χ4v) is 2.83. The first-order valence-electron chi connectivity index (χ1n) is 6.97. The molecule has 104 valence electrons. The molecule has 0 bridgehead atoms. The van der Waals surface area contributed by atoms with Crippen LogP contribution >= 0.6 is 0 Å². The van der Waals surface area contributed by atoms with E-state index in [0.29, 0.717) is 5.56 Å². The van der Waals surface area contributed by atoms with Crippen LogP contribution in [0.15, 0.2) is 42.5 Å². The van der Waals surface area contributed by atoms with Crippen molar-refractivity contribution in [1.82, 2.24) is 5.32 Å².